The average Bonchev–Trinajstić information content (AvgIpc) is 3.59. The molecule has 0 bridgehead atoms. The Morgan fingerprint density at radius 3 is 2.76 bits per heavy atom. The standard InChI is InChI=1S/C23H23N7O6S2/c24-23-26-18(28-38-23)16(27-36-14-3-1-2-4-14)19(32)25-17-20(33)30-15(10-31)13(11-37-21(17)30)9-29-7-5-12(6-8-29)22(34)35/h1,3,5-8,14,17,21,31H,2,4,9-11H2,(H3-,24,25,26,28,32,34,35)/p+1/t14?,17?,21-/m0/s1. The molecule has 198 valence electrons. The normalized spacial score (nSPS) is 22.8. The molecule has 38 heavy (non-hydrogen) atoms. The van der Waals surface area contributed by atoms with Crippen LogP contribution in [0.15, 0.2) is 53.1 Å². The highest BCUT2D eigenvalue weighted by Crippen LogP contribution is 2.40. The minimum atomic E-state index is -1.02. The van der Waals surface area contributed by atoms with E-state index >= 15 is 0 Å². The van der Waals surface area contributed by atoms with E-state index in [1.807, 2.05) is 12.2 Å². The summed E-state index contributed by atoms with van der Waals surface area (Å²) in [6.07, 6.45) is 8.40. The quantitative estimate of drug-likeness (QED) is 0.106. The van der Waals surface area contributed by atoms with Gasteiger partial charge in [-0.05, 0) is 18.9 Å². The zero-order valence-corrected chi connectivity index (χ0v) is 21.5. The summed E-state index contributed by atoms with van der Waals surface area (Å²) in [6, 6.07) is 2.12. The van der Waals surface area contributed by atoms with Crippen molar-refractivity contribution in [3.8, 4) is 0 Å². The van der Waals surface area contributed by atoms with Crippen molar-refractivity contribution in [1.29, 1.82) is 0 Å². The number of hydrogen-bond acceptors (Lipinski definition) is 11. The van der Waals surface area contributed by atoms with Crippen LogP contribution in [0.3, 0.4) is 0 Å². The lowest BCUT2D eigenvalue weighted by Crippen LogP contribution is -2.71. The maximum atomic E-state index is 13.2. The van der Waals surface area contributed by atoms with Crippen molar-refractivity contribution in [1.82, 2.24) is 19.6 Å². The first-order valence-electron chi connectivity index (χ1n) is 11.7. The third-order valence-electron chi connectivity index (χ3n) is 6.23. The molecule has 1 fully saturated rings. The molecule has 2 aromatic heterocycles. The number of carbonyl (C=O) groups is 3. The van der Waals surface area contributed by atoms with E-state index in [1.54, 1.807) is 17.0 Å². The number of nitrogens with two attached hydrogens (primary N) is 1. The second-order valence-electron chi connectivity index (χ2n) is 8.68. The Bertz CT molecular complexity index is 1360. The van der Waals surface area contributed by atoms with E-state index in [1.165, 1.54) is 28.8 Å². The molecule has 4 heterocycles. The molecule has 5 rings (SSSR count). The molecular formula is C23H24N7O6S2+. The fourth-order valence-electron chi connectivity index (χ4n) is 4.28. The predicted molar refractivity (Wildman–Crippen MR) is 137 cm³/mol. The van der Waals surface area contributed by atoms with Gasteiger partial charge in [0.05, 0.1) is 17.9 Å². The maximum Gasteiger partial charge on any atom is 0.336 e. The number of allylic oxidation sites excluding steroid dienone is 1. The largest absolute Gasteiger partial charge is 0.478 e. The van der Waals surface area contributed by atoms with E-state index < -0.39 is 23.3 Å². The number of anilines is 1. The highest BCUT2D eigenvalue weighted by atomic mass is 32.2. The zero-order valence-electron chi connectivity index (χ0n) is 19.9. The first kappa shape index (κ1) is 25.8. The molecule has 1 saturated heterocycles. The number of aromatic carboxylic acids is 1. The molecule has 13 nitrogen and oxygen atoms in total. The van der Waals surface area contributed by atoms with E-state index in [4.69, 9.17) is 15.7 Å². The van der Waals surface area contributed by atoms with Gasteiger partial charge in [0.25, 0.3) is 11.8 Å². The number of aromatic nitrogens is 3. The van der Waals surface area contributed by atoms with Gasteiger partial charge in [-0.3, -0.25) is 14.5 Å². The highest BCUT2D eigenvalue weighted by Gasteiger charge is 2.53. The molecule has 2 unspecified atom stereocenters. The number of thioether (sulfide) groups is 1. The van der Waals surface area contributed by atoms with Gasteiger partial charge in [-0.15, -0.1) is 11.8 Å². The molecule has 2 aliphatic heterocycles. The van der Waals surface area contributed by atoms with E-state index in [-0.39, 0.29) is 40.8 Å². The van der Waals surface area contributed by atoms with Gasteiger partial charge in [0, 0.05) is 35.0 Å². The first-order valence-corrected chi connectivity index (χ1v) is 13.5. The molecule has 0 saturated carbocycles. The second kappa shape index (κ2) is 10.9. The van der Waals surface area contributed by atoms with Gasteiger partial charge in [-0.2, -0.15) is 9.36 Å². The van der Waals surface area contributed by atoms with Gasteiger partial charge in [-0.1, -0.05) is 11.2 Å². The molecule has 2 aromatic rings. The number of nitrogen functional groups attached to an aromatic ring is 1. The summed E-state index contributed by atoms with van der Waals surface area (Å²) < 4.78 is 5.84. The number of aliphatic hydroxyl groups excluding tert-OH is 1. The summed E-state index contributed by atoms with van der Waals surface area (Å²) in [7, 11) is 0. The van der Waals surface area contributed by atoms with Crippen LogP contribution in [0.1, 0.15) is 29.0 Å². The third kappa shape index (κ3) is 5.12. The summed E-state index contributed by atoms with van der Waals surface area (Å²) in [5.74, 6) is -1.54. The van der Waals surface area contributed by atoms with Gasteiger partial charge in [0.2, 0.25) is 11.5 Å². The second-order valence-corrected chi connectivity index (χ2v) is 10.6. The summed E-state index contributed by atoms with van der Waals surface area (Å²) in [6.45, 7) is 0.0149. The average molecular weight is 559 g/mol. The number of β-lactam (4-membered cyclic amide) rings is 1. The monoisotopic (exact) mass is 558 g/mol. The molecular weight excluding hydrogens is 534 g/mol. The zero-order chi connectivity index (χ0) is 26.8. The van der Waals surface area contributed by atoms with Crippen LogP contribution in [-0.4, -0.2) is 77.8 Å². The Morgan fingerprint density at radius 1 is 1.34 bits per heavy atom. The molecule has 1 aliphatic carbocycles. The Hall–Kier alpha value is -3.82. The van der Waals surface area contributed by atoms with Crippen molar-refractivity contribution in [2.75, 3.05) is 18.1 Å². The fourth-order valence-corrected chi connectivity index (χ4v) is 6.10. The van der Waals surface area contributed by atoms with Crippen LogP contribution in [-0.2, 0) is 21.0 Å². The van der Waals surface area contributed by atoms with Crippen LogP contribution in [0.5, 0.6) is 0 Å². The van der Waals surface area contributed by atoms with E-state index in [0.717, 1.165) is 29.9 Å². The van der Waals surface area contributed by atoms with Gasteiger partial charge in [-0.25, -0.2) is 9.36 Å². The molecule has 0 aromatic carbocycles. The molecule has 3 atom stereocenters. The lowest BCUT2D eigenvalue weighted by atomic mass is 10.0. The van der Waals surface area contributed by atoms with E-state index in [0.29, 0.717) is 18.0 Å². The van der Waals surface area contributed by atoms with E-state index in [2.05, 4.69) is 19.8 Å². The van der Waals surface area contributed by atoms with Crippen LogP contribution >= 0.6 is 23.3 Å². The Morgan fingerprint density at radius 2 is 2.13 bits per heavy atom. The Kier molecular flexibility index (Phi) is 7.40. The van der Waals surface area contributed by atoms with Crippen molar-refractivity contribution >= 4 is 51.9 Å². The highest BCUT2D eigenvalue weighted by molar-refractivity contribution is 8.00. The summed E-state index contributed by atoms with van der Waals surface area (Å²) >= 11 is 2.37. The lowest BCUT2D eigenvalue weighted by Gasteiger charge is -2.50. The summed E-state index contributed by atoms with van der Waals surface area (Å²) in [4.78, 5) is 48.4. The molecule has 3 aliphatic rings. The number of oxime groups is 1. The number of hydrogen-bond donors (Lipinski definition) is 4. The number of nitrogens with one attached hydrogen (secondary N) is 1. The van der Waals surface area contributed by atoms with Crippen molar-refractivity contribution in [3.05, 3.63) is 59.3 Å². The first-order chi connectivity index (χ1) is 18.4. The van der Waals surface area contributed by atoms with Crippen LogP contribution < -0.4 is 15.6 Å². The number of carboxylic acid groups (broad SMARTS) is 1. The van der Waals surface area contributed by atoms with Crippen molar-refractivity contribution in [3.63, 3.8) is 0 Å². The van der Waals surface area contributed by atoms with Crippen molar-refractivity contribution in [2.45, 2.75) is 36.9 Å². The summed E-state index contributed by atoms with van der Waals surface area (Å²) in [5.41, 5.74) is 6.97. The Balaban J connectivity index is 1.30. The molecule has 15 heteroatoms. The number of carbonyl (C=O) groups excluding carboxylic acids is 2. The molecule has 0 radical (unpaired) electrons. The van der Waals surface area contributed by atoms with Crippen LogP contribution in [0.25, 0.3) is 0 Å². The number of rotatable bonds is 9. The minimum Gasteiger partial charge on any atom is -0.478 e. The number of carboxylic acids is 1. The van der Waals surface area contributed by atoms with Gasteiger partial charge >= 0.3 is 5.97 Å². The van der Waals surface area contributed by atoms with Crippen LogP contribution in [0, 0.1) is 0 Å². The number of aliphatic hydroxyl groups is 1. The number of fused-ring (bicyclic) bond motifs is 1. The van der Waals surface area contributed by atoms with Gasteiger partial charge in [0.1, 0.15) is 17.5 Å². The third-order valence-corrected chi connectivity index (χ3v) is 8.12. The number of nitrogens with zero attached hydrogens (tertiary/aromatic N) is 5. The molecule has 2 amide bonds. The number of pyridine rings is 1. The summed E-state index contributed by atoms with van der Waals surface area (Å²) in [5, 5.41) is 25.6. The number of amides is 2. The maximum absolute atomic E-state index is 13.2. The van der Waals surface area contributed by atoms with Crippen LogP contribution in [0.4, 0.5) is 5.13 Å². The predicted octanol–water partition coefficient (Wildman–Crippen LogP) is -0.108. The topological polar surface area (TPSA) is 184 Å². The van der Waals surface area contributed by atoms with Crippen molar-refractivity contribution in [2.24, 2.45) is 5.16 Å². The van der Waals surface area contributed by atoms with Gasteiger partial charge in [0.15, 0.2) is 24.1 Å². The van der Waals surface area contributed by atoms with Gasteiger partial charge < -0.3 is 26.1 Å². The lowest BCUT2D eigenvalue weighted by molar-refractivity contribution is -0.689. The van der Waals surface area contributed by atoms with E-state index in [9.17, 15) is 19.5 Å². The minimum absolute atomic E-state index is 0.0103. The molecule has 5 N–H and O–H groups in total. The smallest absolute Gasteiger partial charge is 0.336 e. The van der Waals surface area contributed by atoms with Crippen molar-refractivity contribution < 1.29 is 34.0 Å². The van der Waals surface area contributed by atoms with Crippen LogP contribution in [0.2, 0.25) is 0 Å². The molecule has 0 spiro atoms. The SMILES string of the molecule is Nc1nc(C(=NOC2C=CCC2)C(=O)NC2C(=O)N3C(CO)=C(C[n+]4ccc(C(=O)O)cc4)CS[C@@H]23)ns1. The fraction of sp³-hybridized carbons (Fsp3) is 0.348. The Labute approximate surface area is 224 Å².